The summed E-state index contributed by atoms with van der Waals surface area (Å²) in [4.78, 5) is 12.1. The molecule has 8 heteroatoms. The first kappa shape index (κ1) is 16.8. The number of halogens is 1. The number of morpholine rings is 1. The lowest BCUT2D eigenvalue weighted by molar-refractivity contribution is -0.384. The van der Waals surface area contributed by atoms with Crippen LogP contribution in [0.5, 0.6) is 0 Å². The summed E-state index contributed by atoms with van der Waals surface area (Å²) in [6.45, 7) is 2.54. The van der Waals surface area contributed by atoms with E-state index < -0.39 is 4.92 Å². The molecule has 1 aliphatic heterocycles. The van der Waals surface area contributed by atoms with Crippen molar-refractivity contribution in [2.75, 3.05) is 36.6 Å². The van der Waals surface area contributed by atoms with Crippen molar-refractivity contribution in [1.29, 1.82) is 0 Å². The number of hydrogen-bond acceptors (Lipinski definition) is 6. The van der Waals surface area contributed by atoms with E-state index in [1.807, 2.05) is 4.90 Å². The lowest BCUT2D eigenvalue weighted by Crippen LogP contribution is -2.36. The van der Waals surface area contributed by atoms with Crippen LogP contribution in [-0.2, 0) is 4.74 Å². The average Bonchev–Trinajstić information content (AvgIpc) is 2.63. The van der Waals surface area contributed by atoms with E-state index in [0.717, 1.165) is 0 Å². The predicted octanol–water partition coefficient (Wildman–Crippen LogP) is 3.02. The zero-order valence-corrected chi connectivity index (χ0v) is 13.4. The second kappa shape index (κ2) is 7.71. The van der Waals surface area contributed by atoms with Gasteiger partial charge in [-0.2, -0.15) is 5.10 Å². The topological polar surface area (TPSA) is 80.0 Å². The summed E-state index contributed by atoms with van der Waals surface area (Å²) in [5.41, 5.74) is 4.54. The maximum Gasteiger partial charge on any atom is 0.269 e. The first-order valence-corrected chi connectivity index (χ1v) is 7.79. The fourth-order valence-corrected chi connectivity index (χ4v) is 2.50. The SMILES string of the molecule is O=[N+]([O-])c1ccc(N/N=C\c2ccc(N3CCOCC3)c(F)c2)cc1. The average molecular weight is 344 g/mol. The first-order valence-electron chi connectivity index (χ1n) is 7.79. The van der Waals surface area contributed by atoms with Crippen molar-refractivity contribution in [1.82, 2.24) is 0 Å². The molecule has 0 amide bonds. The van der Waals surface area contributed by atoms with E-state index in [-0.39, 0.29) is 11.5 Å². The Morgan fingerprint density at radius 2 is 1.92 bits per heavy atom. The Morgan fingerprint density at radius 3 is 2.56 bits per heavy atom. The van der Waals surface area contributed by atoms with Crippen LogP contribution in [0.3, 0.4) is 0 Å². The van der Waals surface area contributed by atoms with E-state index in [2.05, 4.69) is 10.5 Å². The van der Waals surface area contributed by atoms with Crippen molar-refractivity contribution in [3.05, 3.63) is 64.0 Å². The number of nitrogens with zero attached hydrogens (tertiary/aromatic N) is 3. The molecular weight excluding hydrogens is 327 g/mol. The van der Waals surface area contributed by atoms with Crippen molar-refractivity contribution < 1.29 is 14.1 Å². The van der Waals surface area contributed by atoms with Gasteiger partial charge in [0.15, 0.2) is 0 Å². The number of nitro groups is 1. The zero-order chi connectivity index (χ0) is 17.6. The van der Waals surface area contributed by atoms with Crippen molar-refractivity contribution >= 4 is 23.3 Å². The summed E-state index contributed by atoms with van der Waals surface area (Å²) in [6, 6.07) is 10.8. The summed E-state index contributed by atoms with van der Waals surface area (Å²) in [6.07, 6.45) is 1.49. The highest BCUT2D eigenvalue weighted by Gasteiger charge is 2.14. The van der Waals surface area contributed by atoms with Crippen LogP contribution in [0.2, 0.25) is 0 Å². The van der Waals surface area contributed by atoms with E-state index in [1.54, 1.807) is 24.3 Å². The van der Waals surface area contributed by atoms with Gasteiger partial charge in [-0.15, -0.1) is 0 Å². The van der Waals surface area contributed by atoms with Crippen molar-refractivity contribution in [3.8, 4) is 0 Å². The number of hydrogen-bond donors (Lipinski definition) is 1. The predicted molar refractivity (Wildman–Crippen MR) is 93.7 cm³/mol. The monoisotopic (exact) mass is 344 g/mol. The zero-order valence-electron chi connectivity index (χ0n) is 13.4. The second-order valence-electron chi connectivity index (χ2n) is 5.48. The summed E-state index contributed by atoms with van der Waals surface area (Å²) < 4.78 is 19.5. The number of nitrogens with one attached hydrogen (secondary N) is 1. The minimum Gasteiger partial charge on any atom is -0.378 e. The molecule has 0 aromatic heterocycles. The van der Waals surface area contributed by atoms with Crippen LogP contribution >= 0.6 is 0 Å². The van der Waals surface area contributed by atoms with Gasteiger partial charge in [-0.05, 0) is 29.8 Å². The lowest BCUT2D eigenvalue weighted by atomic mass is 10.2. The molecule has 0 atom stereocenters. The molecule has 1 heterocycles. The second-order valence-corrected chi connectivity index (χ2v) is 5.48. The molecule has 1 aliphatic rings. The van der Waals surface area contributed by atoms with Gasteiger partial charge in [0, 0.05) is 25.2 Å². The van der Waals surface area contributed by atoms with Crippen LogP contribution in [-0.4, -0.2) is 37.4 Å². The molecule has 0 saturated carbocycles. The number of ether oxygens (including phenoxy) is 1. The Bertz CT molecular complexity index is 774. The van der Waals surface area contributed by atoms with Crippen LogP contribution < -0.4 is 10.3 Å². The van der Waals surface area contributed by atoms with E-state index in [0.29, 0.717) is 43.2 Å². The molecule has 2 aromatic rings. The third kappa shape index (κ3) is 4.30. The summed E-state index contributed by atoms with van der Waals surface area (Å²) in [7, 11) is 0. The van der Waals surface area contributed by atoms with Crippen molar-refractivity contribution in [2.45, 2.75) is 0 Å². The molecule has 130 valence electrons. The standard InChI is InChI=1S/C17H17FN4O3/c18-16-11-13(1-6-17(16)21-7-9-25-10-8-21)12-19-20-14-2-4-15(5-3-14)22(23)24/h1-6,11-12,20H,7-10H2/b19-12-. The van der Waals surface area contributed by atoms with Gasteiger partial charge in [-0.3, -0.25) is 15.5 Å². The number of nitro benzene ring substituents is 1. The fourth-order valence-electron chi connectivity index (χ4n) is 2.50. The van der Waals surface area contributed by atoms with Gasteiger partial charge in [-0.1, -0.05) is 6.07 Å². The Hall–Kier alpha value is -3.00. The Kier molecular flexibility index (Phi) is 5.20. The summed E-state index contributed by atoms with van der Waals surface area (Å²) in [5, 5.41) is 14.6. The van der Waals surface area contributed by atoms with Crippen LogP contribution in [0.15, 0.2) is 47.6 Å². The molecule has 0 radical (unpaired) electrons. The third-order valence-corrected chi connectivity index (χ3v) is 3.81. The van der Waals surface area contributed by atoms with Gasteiger partial charge in [0.2, 0.25) is 0 Å². The van der Waals surface area contributed by atoms with Gasteiger partial charge in [0.25, 0.3) is 5.69 Å². The first-order chi connectivity index (χ1) is 12.1. The van der Waals surface area contributed by atoms with Crippen LogP contribution in [0.4, 0.5) is 21.5 Å². The lowest BCUT2D eigenvalue weighted by Gasteiger charge is -2.29. The molecule has 0 aliphatic carbocycles. The molecule has 0 spiro atoms. The Labute approximate surface area is 143 Å². The minimum atomic E-state index is -0.466. The molecule has 1 N–H and O–H groups in total. The smallest absolute Gasteiger partial charge is 0.269 e. The number of anilines is 2. The molecule has 1 fully saturated rings. The summed E-state index contributed by atoms with van der Waals surface area (Å²) >= 11 is 0. The molecule has 7 nitrogen and oxygen atoms in total. The number of benzene rings is 2. The van der Waals surface area contributed by atoms with Crippen LogP contribution in [0.25, 0.3) is 0 Å². The number of rotatable bonds is 5. The fraction of sp³-hybridized carbons (Fsp3) is 0.235. The van der Waals surface area contributed by atoms with Gasteiger partial charge in [0.1, 0.15) is 5.82 Å². The van der Waals surface area contributed by atoms with Crippen LogP contribution in [0, 0.1) is 15.9 Å². The van der Waals surface area contributed by atoms with Crippen LogP contribution in [0.1, 0.15) is 5.56 Å². The highest BCUT2D eigenvalue weighted by atomic mass is 19.1. The van der Waals surface area contributed by atoms with E-state index >= 15 is 0 Å². The molecule has 25 heavy (non-hydrogen) atoms. The van der Waals surface area contributed by atoms with Gasteiger partial charge >= 0.3 is 0 Å². The van der Waals surface area contributed by atoms with E-state index in [1.165, 1.54) is 24.4 Å². The Balaban J connectivity index is 1.63. The third-order valence-electron chi connectivity index (χ3n) is 3.81. The maximum atomic E-state index is 14.3. The maximum absolute atomic E-state index is 14.3. The molecule has 1 saturated heterocycles. The number of non-ortho nitro benzene ring substituents is 1. The molecular formula is C17H17FN4O3. The molecule has 0 unspecified atom stereocenters. The highest BCUT2D eigenvalue weighted by Crippen LogP contribution is 2.21. The Morgan fingerprint density at radius 1 is 1.20 bits per heavy atom. The normalized spacial score (nSPS) is 14.7. The number of hydrazone groups is 1. The minimum absolute atomic E-state index is 0.00954. The largest absolute Gasteiger partial charge is 0.378 e. The van der Waals surface area contributed by atoms with Gasteiger partial charge < -0.3 is 9.64 Å². The molecule has 3 rings (SSSR count). The van der Waals surface area contributed by atoms with Gasteiger partial charge in [0.05, 0.1) is 35.7 Å². The highest BCUT2D eigenvalue weighted by molar-refractivity contribution is 5.81. The molecule has 0 bridgehead atoms. The molecule has 2 aromatic carbocycles. The van der Waals surface area contributed by atoms with E-state index in [9.17, 15) is 14.5 Å². The van der Waals surface area contributed by atoms with E-state index in [4.69, 9.17) is 4.74 Å². The summed E-state index contributed by atoms with van der Waals surface area (Å²) in [5.74, 6) is -0.304. The van der Waals surface area contributed by atoms with Gasteiger partial charge in [-0.25, -0.2) is 4.39 Å². The quantitative estimate of drug-likeness (QED) is 0.512. The van der Waals surface area contributed by atoms with Crippen molar-refractivity contribution in [3.63, 3.8) is 0 Å². The van der Waals surface area contributed by atoms with Crippen molar-refractivity contribution in [2.24, 2.45) is 5.10 Å².